The first-order valence-corrected chi connectivity index (χ1v) is 10.5. The summed E-state index contributed by atoms with van der Waals surface area (Å²) >= 11 is 0. The van der Waals surface area contributed by atoms with Crippen molar-refractivity contribution in [1.29, 1.82) is 0 Å². The molecule has 2 amide bonds. The number of benzene rings is 1. The van der Waals surface area contributed by atoms with Gasteiger partial charge in [0, 0.05) is 43.8 Å². The lowest BCUT2D eigenvalue weighted by atomic mass is 10.2. The molecular formula is C24H22N6O2. The highest BCUT2D eigenvalue weighted by Gasteiger charge is 2.21. The van der Waals surface area contributed by atoms with E-state index in [0.717, 1.165) is 35.4 Å². The first-order valence-electron chi connectivity index (χ1n) is 10.5. The number of aromatic nitrogens is 4. The van der Waals surface area contributed by atoms with Crippen molar-refractivity contribution in [1.82, 2.24) is 24.8 Å². The Balaban J connectivity index is 1.23. The monoisotopic (exact) mass is 426 g/mol. The summed E-state index contributed by atoms with van der Waals surface area (Å²) in [6.45, 7) is 1.77. The third-order valence-electron chi connectivity index (χ3n) is 5.57. The maximum Gasteiger partial charge on any atom is 0.253 e. The van der Waals surface area contributed by atoms with Gasteiger partial charge in [-0.2, -0.15) is 0 Å². The maximum absolute atomic E-state index is 12.6. The molecular weight excluding hydrogens is 404 g/mol. The van der Waals surface area contributed by atoms with Crippen molar-refractivity contribution in [2.75, 3.05) is 11.4 Å². The molecule has 1 aromatic carbocycles. The number of carbonyl (C=O) groups excluding carboxylic acids is 2. The zero-order chi connectivity index (χ0) is 21.9. The van der Waals surface area contributed by atoms with Crippen molar-refractivity contribution in [2.45, 2.75) is 25.9 Å². The molecule has 4 aromatic rings. The fraction of sp³-hybridized carbons (Fsp3) is 0.208. The lowest BCUT2D eigenvalue weighted by Crippen LogP contribution is -2.24. The minimum Gasteiger partial charge on any atom is -0.348 e. The number of carbonyl (C=O) groups is 2. The van der Waals surface area contributed by atoms with Crippen molar-refractivity contribution < 1.29 is 9.59 Å². The van der Waals surface area contributed by atoms with Crippen LogP contribution in [0.3, 0.4) is 0 Å². The minimum atomic E-state index is -0.208. The second-order valence-corrected chi connectivity index (χ2v) is 7.80. The number of anilines is 1. The van der Waals surface area contributed by atoms with Crippen LogP contribution in [-0.4, -0.2) is 37.9 Å². The number of hydrogen-bond donors (Lipinski definition) is 1. The van der Waals surface area contributed by atoms with Crippen LogP contribution in [-0.2, 0) is 17.9 Å². The molecule has 3 aromatic heterocycles. The summed E-state index contributed by atoms with van der Waals surface area (Å²) in [5, 5.41) is 2.92. The van der Waals surface area contributed by atoms with Gasteiger partial charge in [0.2, 0.25) is 5.91 Å². The van der Waals surface area contributed by atoms with Crippen molar-refractivity contribution in [3.63, 3.8) is 0 Å². The lowest BCUT2D eigenvalue weighted by Gasteiger charge is -2.16. The molecule has 0 bridgehead atoms. The molecule has 1 N–H and O–H groups in total. The number of amides is 2. The molecule has 1 fully saturated rings. The smallest absolute Gasteiger partial charge is 0.253 e. The molecule has 1 saturated heterocycles. The Morgan fingerprint density at radius 3 is 2.69 bits per heavy atom. The predicted molar refractivity (Wildman–Crippen MR) is 120 cm³/mol. The van der Waals surface area contributed by atoms with Gasteiger partial charge in [-0.1, -0.05) is 18.2 Å². The number of nitrogens with one attached hydrogen (secondary N) is 1. The molecule has 1 aliphatic rings. The Labute approximate surface area is 184 Å². The van der Waals surface area contributed by atoms with Gasteiger partial charge in [0.1, 0.15) is 5.52 Å². The Morgan fingerprint density at radius 1 is 1.06 bits per heavy atom. The van der Waals surface area contributed by atoms with E-state index in [1.807, 2.05) is 47.2 Å². The highest BCUT2D eigenvalue weighted by molar-refractivity contribution is 5.96. The quantitative estimate of drug-likeness (QED) is 0.512. The molecule has 160 valence electrons. The zero-order valence-corrected chi connectivity index (χ0v) is 17.4. The van der Waals surface area contributed by atoms with Crippen LogP contribution in [0.1, 0.15) is 34.3 Å². The van der Waals surface area contributed by atoms with Gasteiger partial charge >= 0.3 is 0 Å². The van der Waals surface area contributed by atoms with E-state index >= 15 is 0 Å². The molecule has 0 aliphatic carbocycles. The van der Waals surface area contributed by atoms with Crippen LogP contribution in [0.25, 0.3) is 11.2 Å². The van der Waals surface area contributed by atoms with Crippen LogP contribution in [0, 0.1) is 0 Å². The van der Waals surface area contributed by atoms with Crippen molar-refractivity contribution >= 4 is 28.7 Å². The highest BCUT2D eigenvalue weighted by atomic mass is 16.2. The second-order valence-electron chi connectivity index (χ2n) is 7.80. The van der Waals surface area contributed by atoms with E-state index in [-0.39, 0.29) is 11.8 Å². The maximum atomic E-state index is 12.6. The molecule has 0 spiro atoms. The largest absolute Gasteiger partial charge is 0.348 e. The van der Waals surface area contributed by atoms with E-state index in [1.54, 1.807) is 29.7 Å². The SMILES string of the molecule is O=C(NCc1ccc(N2CCCC2=O)cc1)c1cnc2c(c1)ncn2Cc1cccnc1. The molecule has 1 aliphatic heterocycles. The number of hydrogen-bond acceptors (Lipinski definition) is 5. The summed E-state index contributed by atoms with van der Waals surface area (Å²) in [6, 6.07) is 13.4. The van der Waals surface area contributed by atoms with Crippen molar-refractivity contribution in [2.24, 2.45) is 0 Å². The fourth-order valence-electron chi connectivity index (χ4n) is 3.88. The van der Waals surface area contributed by atoms with Gasteiger partial charge in [-0.25, -0.2) is 9.97 Å². The first kappa shape index (κ1) is 19.9. The normalized spacial score (nSPS) is 13.6. The first-order chi connectivity index (χ1) is 15.7. The molecule has 4 heterocycles. The Morgan fingerprint density at radius 2 is 1.94 bits per heavy atom. The summed E-state index contributed by atoms with van der Waals surface area (Å²) < 4.78 is 1.93. The number of imidazole rings is 1. The van der Waals surface area contributed by atoms with Crippen LogP contribution in [0.4, 0.5) is 5.69 Å². The lowest BCUT2D eigenvalue weighted by molar-refractivity contribution is -0.117. The average Bonchev–Trinajstić information content (AvgIpc) is 3.44. The zero-order valence-electron chi connectivity index (χ0n) is 17.4. The molecule has 0 atom stereocenters. The van der Waals surface area contributed by atoms with E-state index in [2.05, 4.69) is 20.3 Å². The van der Waals surface area contributed by atoms with Gasteiger partial charge in [-0.15, -0.1) is 0 Å². The number of pyridine rings is 2. The summed E-state index contributed by atoms with van der Waals surface area (Å²) in [7, 11) is 0. The molecule has 8 nitrogen and oxygen atoms in total. The Kier molecular flexibility index (Phi) is 5.33. The Hall–Kier alpha value is -4.07. The molecule has 8 heteroatoms. The van der Waals surface area contributed by atoms with Gasteiger partial charge in [0.15, 0.2) is 5.65 Å². The van der Waals surface area contributed by atoms with Crippen LogP contribution in [0.5, 0.6) is 0 Å². The van der Waals surface area contributed by atoms with Gasteiger partial charge in [0.05, 0.1) is 18.4 Å². The molecule has 0 saturated carbocycles. The van der Waals surface area contributed by atoms with Crippen molar-refractivity contribution in [3.05, 3.63) is 84.1 Å². The van der Waals surface area contributed by atoms with Gasteiger partial charge < -0.3 is 14.8 Å². The van der Waals surface area contributed by atoms with Crippen LogP contribution in [0.2, 0.25) is 0 Å². The van der Waals surface area contributed by atoms with E-state index in [4.69, 9.17) is 0 Å². The van der Waals surface area contributed by atoms with Crippen molar-refractivity contribution in [3.8, 4) is 0 Å². The van der Waals surface area contributed by atoms with Crippen LogP contribution < -0.4 is 10.2 Å². The topological polar surface area (TPSA) is 93.0 Å². The second kappa shape index (κ2) is 8.58. The van der Waals surface area contributed by atoms with Gasteiger partial charge in [-0.05, 0) is 41.8 Å². The third kappa shape index (κ3) is 4.07. The van der Waals surface area contributed by atoms with E-state index < -0.39 is 0 Å². The summed E-state index contributed by atoms with van der Waals surface area (Å²) in [5.41, 5.74) is 4.76. The molecule has 0 unspecified atom stereocenters. The van der Waals surface area contributed by atoms with Crippen LogP contribution in [0.15, 0.2) is 67.4 Å². The molecule has 32 heavy (non-hydrogen) atoms. The summed E-state index contributed by atoms with van der Waals surface area (Å²) in [4.78, 5) is 39.3. The predicted octanol–water partition coefficient (Wildman–Crippen LogP) is 2.93. The fourth-order valence-corrected chi connectivity index (χ4v) is 3.88. The van der Waals surface area contributed by atoms with E-state index in [0.29, 0.717) is 30.6 Å². The minimum absolute atomic E-state index is 0.164. The summed E-state index contributed by atoms with van der Waals surface area (Å²) in [5.74, 6) is -0.0446. The van der Waals surface area contributed by atoms with Gasteiger partial charge in [-0.3, -0.25) is 14.6 Å². The third-order valence-corrected chi connectivity index (χ3v) is 5.57. The van der Waals surface area contributed by atoms with E-state index in [9.17, 15) is 9.59 Å². The molecule has 0 radical (unpaired) electrons. The highest BCUT2D eigenvalue weighted by Crippen LogP contribution is 2.21. The average molecular weight is 426 g/mol. The van der Waals surface area contributed by atoms with Crippen LogP contribution >= 0.6 is 0 Å². The Bertz CT molecular complexity index is 1270. The number of nitrogens with zero attached hydrogens (tertiary/aromatic N) is 5. The number of rotatable bonds is 6. The molecule has 5 rings (SSSR count). The summed E-state index contributed by atoms with van der Waals surface area (Å²) in [6.07, 6.45) is 8.35. The van der Waals surface area contributed by atoms with E-state index in [1.165, 1.54) is 0 Å². The van der Waals surface area contributed by atoms with Gasteiger partial charge in [0.25, 0.3) is 5.91 Å². The number of fused-ring (bicyclic) bond motifs is 1. The standard InChI is InChI=1S/C24H22N6O2/c31-22-4-2-10-30(22)20-7-5-17(6-8-20)13-27-24(32)19-11-21-23(26-14-19)29(16-28-21)15-18-3-1-9-25-12-18/h1,3,5-9,11-12,14,16H,2,4,10,13,15H2,(H,27,32).